The van der Waals surface area contributed by atoms with Crippen LogP contribution in [0.2, 0.25) is 0 Å². The van der Waals surface area contributed by atoms with Crippen LogP contribution in [-0.2, 0) is 13.1 Å². The topological polar surface area (TPSA) is 56.3 Å². The van der Waals surface area contributed by atoms with E-state index in [0.29, 0.717) is 12.4 Å². The SMILES string of the molecule is FC(F)Cn1ccc2c(OC3CCN(Cc4ncon4)CC3)cccc21. The normalized spacial score (nSPS) is 16.6. The van der Waals surface area contributed by atoms with Gasteiger partial charge < -0.3 is 13.8 Å². The second kappa shape index (κ2) is 7.41. The smallest absolute Gasteiger partial charge is 0.256 e. The maximum Gasteiger partial charge on any atom is 0.256 e. The van der Waals surface area contributed by atoms with Gasteiger partial charge in [-0.3, -0.25) is 4.90 Å². The van der Waals surface area contributed by atoms with Gasteiger partial charge >= 0.3 is 0 Å². The first-order chi connectivity index (χ1) is 12.7. The Hall–Kier alpha value is -2.48. The van der Waals surface area contributed by atoms with Crippen LogP contribution in [0.5, 0.6) is 5.75 Å². The Labute approximate surface area is 149 Å². The number of hydrogen-bond donors (Lipinski definition) is 0. The third kappa shape index (κ3) is 3.70. The van der Waals surface area contributed by atoms with Gasteiger partial charge in [0.1, 0.15) is 11.9 Å². The van der Waals surface area contributed by atoms with Gasteiger partial charge in [0.15, 0.2) is 5.82 Å². The van der Waals surface area contributed by atoms with Gasteiger partial charge in [0.05, 0.1) is 18.6 Å². The standard InChI is InChI=1S/C18H20F2N4O2/c19-17(20)10-24-9-6-14-15(24)2-1-3-16(14)26-13-4-7-23(8-5-13)11-18-21-12-25-22-18/h1-3,6,9,12-13,17H,4-5,7-8,10-11H2. The quantitative estimate of drug-likeness (QED) is 0.673. The van der Waals surface area contributed by atoms with Crippen molar-refractivity contribution in [2.45, 2.75) is 38.5 Å². The Morgan fingerprint density at radius 2 is 2.08 bits per heavy atom. The number of alkyl halides is 2. The van der Waals surface area contributed by atoms with Crippen LogP contribution in [0.3, 0.4) is 0 Å². The van der Waals surface area contributed by atoms with Crippen molar-refractivity contribution in [1.82, 2.24) is 19.6 Å². The molecule has 0 saturated carbocycles. The average Bonchev–Trinajstić information content (AvgIpc) is 3.27. The summed E-state index contributed by atoms with van der Waals surface area (Å²) >= 11 is 0. The number of fused-ring (bicyclic) bond motifs is 1. The Morgan fingerprint density at radius 3 is 2.81 bits per heavy atom. The van der Waals surface area contributed by atoms with E-state index in [1.165, 1.54) is 6.39 Å². The highest BCUT2D eigenvalue weighted by atomic mass is 19.3. The first-order valence-corrected chi connectivity index (χ1v) is 8.69. The first-order valence-electron chi connectivity index (χ1n) is 8.69. The van der Waals surface area contributed by atoms with E-state index in [1.807, 2.05) is 24.3 Å². The fourth-order valence-electron chi connectivity index (χ4n) is 3.43. The highest BCUT2D eigenvalue weighted by Crippen LogP contribution is 2.29. The number of ether oxygens (including phenoxy) is 1. The second-order valence-corrected chi connectivity index (χ2v) is 6.49. The number of aromatic nitrogens is 3. The van der Waals surface area contributed by atoms with E-state index in [9.17, 15) is 8.78 Å². The molecule has 26 heavy (non-hydrogen) atoms. The molecule has 1 aliphatic heterocycles. The van der Waals surface area contributed by atoms with Crippen LogP contribution >= 0.6 is 0 Å². The van der Waals surface area contributed by atoms with E-state index < -0.39 is 6.43 Å². The van der Waals surface area contributed by atoms with E-state index >= 15 is 0 Å². The molecule has 138 valence electrons. The van der Waals surface area contributed by atoms with Gasteiger partial charge in [-0.2, -0.15) is 4.98 Å². The molecule has 1 aliphatic rings. The molecule has 3 aromatic rings. The average molecular weight is 362 g/mol. The summed E-state index contributed by atoms with van der Waals surface area (Å²) in [5, 5.41) is 4.72. The third-order valence-corrected chi connectivity index (χ3v) is 4.71. The monoisotopic (exact) mass is 362 g/mol. The number of likely N-dealkylation sites (tertiary alicyclic amines) is 1. The number of piperidine rings is 1. The molecule has 4 rings (SSSR count). The molecule has 3 heterocycles. The third-order valence-electron chi connectivity index (χ3n) is 4.71. The molecule has 1 saturated heterocycles. The zero-order valence-corrected chi connectivity index (χ0v) is 14.2. The Balaban J connectivity index is 1.39. The van der Waals surface area contributed by atoms with Crippen molar-refractivity contribution in [3.63, 3.8) is 0 Å². The summed E-state index contributed by atoms with van der Waals surface area (Å²) in [5.41, 5.74) is 0.775. The number of halogens is 2. The van der Waals surface area contributed by atoms with Gasteiger partial charge in [-0.25, -0.2) is 8.78 Å². The van der Waals surface area contributed by atoms with Crippen molar-refractivity contribution in [2.75, 3.05) is 13.1 Å². The lowest BCUT2D eigenvalue weighted by Crippen LogP contribution is -2.38. The zero-order chi connectivity index (χ0) is 17.9. The van der Waals surface area contributed by atoms with Crippen molar-refractivity contribution >= 4 is 10.9 Å². The molecule has 0 atom stereocenters. The zero-order valence-electron chi connectivity index (χ0n) is 14.2. The van der Waals surface area contributed by atoms with Gasteiger partial charge in [-0.1, -0.05) is 11.2 Å². The summed E-state index contributed by atoms with van der Waals surface area (Å²) in [7, 11) is 0. The summed E-state index contributed by atoms with van der Waals surface area (Å²) < 4.78 is 37.9. The molecule has 1 aromatic carbocycles. The molecule has 8 heteroatoms. The van der Waals surface area contributed by atoms with Crippen LogP contribution in [-0.4, -0.2) is 45.2 Å². The Bertz CT molecular complexity index is 842. The molecule has 0 N–H and O–H groups in total. The summed E-state index contributed by atoms with van der Waals surface area (Å²) in [5.74, 6) is 1.45. The van der Waals surface area contributed by atoms with Gasteiger partial charge in [0.2, 0.25) is 6.39 Å². The van der Waals surface area contributed by atoms with Crippen molar-refractivity contribution in [3.05, 3.63) is 42.7 Å². The van der Waals surface area contributed by atoms with Crippen LogP contribution in [0, 0.1) is 0 Å². The predicted molar refractivity (Wildman–Crippen MR) is 91.2 cm³/mol. The molecule has 0 amide bonds. The highest BCUT2D eigenvalue weighted by molar-refractivity contribution is 5.86. The molecule has 1 fully saturated rings. The first kappa shape index (κ1) is 17.0. The van der Waals surface area contributed by atoms with Gasteiger partial charge in [-0.05, 0) is 31.0 Å². The number of nitrogens with zero attached hydrogens (tertiary/aromatic N) is 4. The molecule has 0 radical (unpaired) electrons. The predicted octanol–water partition coefficient (Wildman–Crippen LogP) is 3.33. The van der Waals surface area contributed by atoms with E-state index in [2.05, 4.69) is 15.0 Å². The van der Waals surface area contributed by atoms with E-state index in [-0.39, 0.29) is 12.6 Å². The summed E-state index contributed by atoms with van der Waals surface area (Å²) in [6.45, 7) is 2.15. The number of hydrogen-bond acceptors (Lipinski definition) is 5. The van der Waals surface area contributed by atoms with Crippen molar-refractivity contribution in [1.29, 1.82) is 0 Å². The summed E-state index contributed by atoms with van der Waals surface area (Å²) in [6, 6.07) is 7.45. The maximum absolute atomic E-state index is 12.7. The van der Waals surface area contributed by atoms with Crippen LogP contribution < -0.4 is 4.74 Å². The largest absolute Gasteiger partial charge is 0.490 e. The molecule has 0 bridgehead atoms. The summed E-state index contributed by atoms with van der Waals surface area (Å²) in [4.78, 5) is 6.32. The van der Waals surface area contributed by atoms with Crippen molar-refractivity contribution in [2.24, 2.45) is 0 Å². The lowest BCUT2D eigenvalue weighted by molar-refractivity contribution is 0.0960. The van der Waals surface area contributed by atoms with E-state index in [4.69, 9.17) is 9.26 Å². The minimum absolute atomic E-state index is 0.112. The highest BCUT2D eigenvalue weighted by Gasteiger charge is 2.22. The van der Waals surface area contributed by atoms with Gasteiger partial charge in [0.25, 0.3) is 6.43 Å². The molecule has 6 nitrogen and oxygen atoms in total. The van der Waals surface area contributed by atoms with E-state index in [1.54, 1.807) is 10.8 Å². The fourth-order valence-corrected chi connectivity index (χ4v) is 3.43. The minimum Gasteiger partial charge on any atom is -0.490 e. The second-order valence-electron chi connectivity index (χ2n) is 6.49. The van der Waals surface area contributed by atoms with Gasteiger partial charge in [0, 0.05) is 24.7 Å². The van der Waals surface area contributed by atoms with Crippen LogP contribution in [0.15, 0.2) is 41.4 Å². The molecule has 0 aliphatic carbocycles. The number of rotatable bonds is 6. The van der Waals surface area contributed by atoms with Gasteiger partial charge in [-0.15, -0.1) is 0 Å². The fraction of sp³-hybridized carbons (Fsp3) is 0.444. The Morgan fingerprint density at radius 1 is 1.23 bits per heavy atom. The lowest BCUT2D eigenvalue weighted by atomic mass is 10.1. The lowest BCUT2D eigenvalue weighted by Gasteiger charge is -2.31. The molecular weight excluding hydrogens is 342 g/mol. The van der Waals surface area contributed by atoms with Crippen LogP contribution in [0.1, 0.15) is 18.7 Å². The number of benzene rings is 1. The summed E-state index contributed by atoms with van der Waals surface area (Å²) in [6.07, 6.45) is 2.56. The van der Waals surface area contributed by atoms with E-state index in [0.717, 1.165) is 42.6 Å². The Kier molecular flexibility index (Phi) is 4.83. The van der Waals surface area contributed by atoms with Crippen LogP contribution in [0.4, 0.5) is 8.78 Å². The molecule has 0 spiro atoms. The minimum atomic E-state index is -2.38. The molecular formula is C18H20F2N4O2. The van der Waals surface area contributed by atoms with Crippen LogP contribution in [0.25, 0.3) is 10.9 Å². The van der Waals surface area contributed by atoms with Crippen molar-refractivity contribution < 1.29 is 18.0 Å². The molecule has 0 unspecified atom stereocenters. The maximum atomic E-state index is 12.7. The van der Waals surface area contributed by atoms with Crippen molar-refractivity contribution in [3.8, 4) is 5.75 Å². The molecule has 2 aromatic heterocycles.